The molecule has 1 atom stereocenters. The summed E-state index contributed by atoms with van der Waals surface area (Å²) in [7, 11) is 0. The van der Waals surface area contributed by atoms with Gasteiger partial charge in [0.25, 0.3) is 0 Å². The molecule has 1 fully saturated rings. The summed E-state index contributed by atoms with van der Waals surface area (Å²) in [6.45, 7) is 1.12. The van der Waals surface area contributed by atoms with Crippen LogP contribution in [-0.2, 0) is 4.79 Å². The van der Waals surface area contributed by atoms with Gasteiger partial charge in [-0.1, -0.05) is 0 Å². The van der Waals surface area contributed by atoms with E-state index in [1.54, 1.807) is 29.4 Å². The van der Waals surface area contributed by atoms with Gasteiger partial charge in [0.15, 0.2) is 0 Å². The molecule has 6 nitrogen and oxygen atoms in total. The SMILES string of the molecule is O=C(Nc1ccncc1)C1CCCN(C(=O)Nc2cccs2)C1. The van der Waals surface area contributed by atoms with Crippen molar-refractivity contribution in [2.75, 3.05) is 23.7 Å². The maximum atomic E-state index is 12.4. The molecule has 1 aliphatic rings. The number of hydrogen-bond acceptors (Lipinski definition) is 4. The Kier molecular flexibility index (Phi) is 4.87. The van der Waals surface area contributed by atoms with Gasteiger partial charge in [-0.25, -0.2) is 4.79 Å². The van der Waals surface area contributed by atoms with Crippen LogP contribution in [0.2, 0.25) is 0 Å². The Balaban J connectivity index is 1.57. The number of urea groups is 1. The quantitative estimate of drug-likeness (QED) is 0.908. The minimum absolute atomic E-state index is 0.0511. The van der Waals surface area contributed by atoms with Crippen LogP contribution >= 0.6 is 11.3 Å². The predicted octanol–water partition coefficient (Wildman–Crippen LogP) is 3.03. The van der Waals surface area contributed by atoms with Crippen molar-refractivity contribution in [2.24, 2.45) is 5.92 Å². The predicted molar refractivity (Wildman–Crippen MR) is 90.5 cm³/mol. The molecule has 1 unspecified atom stereocenters. The first-order valence-corrected chi connectivity index (χ1v) is 8.40. The number of likely N-dealkylation sites (tertiary alicyclic amines) is 1. The Hall–Kier alpha value is -2.41. The van der Waals surface area contributed by atoms with Gasteiger partial charge in [-0.3, -0.25) is 15.1 Å². The van der Waals surface area contributed by atoms with Crippen molar-refractivity contribution in [1.82, 2.24) is 9.88 Å². The second-order valence-corrected chi connectivity index (χ2v) is 6.37. The van der Waals surface area contributed by atoms with Crippen molar-refractivity contribution in [3.8, 4) is 0 Å². The lowest BCUT2D eigenvalue weighted by atomic mass is 9.97. The first-order valence-electron chi connectivity index (χ1n) is 7.53. The largest absolute Gasteiger partial charge is 0.326 e. The summed E-state index contributed by atoms with van der Waals surface area (Å²) in [6.07, 6.45) is 4.89. The van der Waals surface area contributed by atoms with Crippen LogP contribution in [-0.4, -0.2) is 34.9 Å². The molecule has 0 aromatic carbocycles. The van der Waals surface area contributed by atoms with Gasteiger partial charge in [0, 0.05) is 31.2 Å². The van der Waals surface area contributed by atoms with Gasteiger partial charge in [0.05, 0.1) is 10.9 Å². The van der Waals surface area contributed by atoms with Crippen LogP contribution in [0.1, 0.15) is 12.8 Å². The van der Waals surface area contributed by atoms with Gasteiger partial charge in [0.2, 0.25) is 5.91 Å². The van der Waals surface area contributed by atoms with Crippen LogP contribution in [0.15, 0.2) is 42.0 Å². The minimum Gasteiger partial charge on any atom is -0.326 e. The maximum absolute atomic E-state index is 12.4. The normalized spacial score (nSPS) is 17.6. The van der Waals surface area contributed by atoms with E-state index >= 15 is 0 Å². The van der Waals surface area contributed by atoms with Crippen molar-refractivity contribution in [3.63, 3.8) is 0 Å². The number of carbonyl (C=O) groups is 2. The number of pyridine rings is 1. The number of piperidine rings is 1. The Morgan fingerprint density at radius 1 is 1.22 bits per heavy atom. The number of rotatable bonds is 3. The summed E-state index contributed by atoms with van der Waals surface area (Å²) >= 11 is 1.48. The van der Waals surface area contributed by atoms with Gasteiger partial charge >= 0.3 is 6.03 Å². The summed E-state index contributed by atoms with van der Waals surface area (Å²) in [5, 5.41) is 8.48. The second kappa shape index (κ2) is 7.23. The van der Waals surface area contributed by atoms with E-state index in [9.17, 15) is 9.59 Å². The number of nitrogens with zero attached hydrogens (tertiary/aromatic N) is 2. The molecule has 1 aliphatic heterocycles. The summed E-state index contributed by atoms with van der Waals surface area (Å²) in [6, 6.07) is 7.11. The number of nitrogens with one attached hydrogen (secondary N) is 2. The molecule has 23 heavy (non-hydrogen) atoms. The summed E-state index contributed by atoms with van der Waals surface area (Å²) < 4.78 is 0. The Labute approximate surface area is 138 Å². The van der Waals surface area contributed by atoms with Crippen LogP contribution < -0.4 is 10.6 Å². The molecule has 0 bridgehead atoms. The molecule has 2 aromatic heterocycles. The first-order chi connectivity index (χ1) is 11.2. The van der Waals surface area contributed by atoms with E-state index in [4.69, 9.17) is 0 Å². The zero-order valence-electron chi connectivity index (χ0n) is 12.6. The average molecular weight is 330 g/mol. The van der Waals surface area contributed by atoms with Crippen molar-refractivity contribution in [1.29, 1.82) is 0 Å². The van der Waals surface area contributed by atoms with Crippen molar-refractivity contribution in [2.45, 2.75) is 12.8 Å². The molecule has 2 N–H and O–H groups in total. The zero-order valence-corrected chi connectivity index (χ0v) is 13.4. The number of carbonyl (C=O) groups excluding carboxylic acids is 2. The number of aromatic nitrogens is 1. The Morgan fingerprint density at radius 3 is 2.78 bits per heavy atom. The fourth-order valence-corrected chi connectivity index (χ4v) is 3.20. The zero-order chi connectivity index (χ0) is 16.1. The molecule has 0 aliphatic carbocycles. The molecule has 7 heteroatoms. The van der Waals surface area contributed by atoms with Gasteiger partial charge in [-0.2, -0.15) is 0 Å². The molecule has 0 radical (unpaired) electrons. The molecule has 3 rings (SSSR count). The van der Waals surface area contributed by atoms with Gasteiger partial charge < -0.3 is 10.2 Å². The fraction of sp³-hybridized carbons (Fsp3) is 0.312. The molecular formula is C16H18N4O2S. The van der Waals surface area contributed by atoms with E-state index in [-0.39, 0.29) is 17.9 Å². The van der Waals surface area contributed by atoms with Crippen molar-refractivity contribution in [3.05, 3.63) is 42.0 Å². The maximum Gasteiger partial charge on any atom is 0.322 e. The van der Waals surface area contributed by atoms with Crippen LogP contribution in [0.4, 0.5) is 15.5 Å². The first kappa shape index (κ1) is 15.5. The fourth-order valence-electron chi connectivity index (χ4n) is 2.59. The van der Waals surface area contributed by atoms with E-state index in [2.05, 4.69) is 15.6 Å². The van der Waals surface area contributed by atoms with E-state index < -0.39 is 0 Å². The lowest BCUT2D eigenvalue weighted by Crippen LogP contribution is -2.45. The second-order valence-electron chi connectivity index (χ2n) is 5.42. The molecule has 120 valence electrons. The van der Waals surface area contributed by atoms with Crippen LogP contribution in [0.3, 0.4) is 0 Å². The molecular weight excluding hydrogens is 312 g/mol. The van der Waals surface area contributed by atoms with Crippen LogP contribution in [0.5, 0.6) is 0 Å². The summed E-state index contributed by atoms with van der Waals surface area (Å²) in [5.41, 5.74) is 0.727. The Bertz CT molecular complexity index is 660. The monoisotopic (exact) mass is 330 g/mol. The highest BCUT2D eigenvalue weighted by Crippen LogP contribution is 2.21. The third-order valence-corrected chi connectivity index (χ3v) is 4.56. The number of anilines is 2. The van der Waals surface area contributed by atoms with Crippen LogP contribution in [0.25, 0.3) is 0 Å². The Morgan fingerprint density at radius 2 is 2.04 bits per heavy atom. The van der Waals surface area contributed by atoms with E-state index in [0.29, 0.717) is 13.1 Å². The number of thiophene rings is 1. The lowest BCUT2D eigenvalue weighted by Gasteiger charge is -2.31. The minimum atomic E-state index is -0.189. The summed E-state index contributed by atoms with van der Waals surface area (Å²) in [4.78, 5) is 30.3. The smallest absolute Gasteiger partial charge is 0.322 e. The number of amides is 3. The molecule has 0 spiro atoms. The third-order valence-electron chi connectivity index (χ3n) is 3.78. The molecule has 2 aromatic rings. The van der Waals surface area contributed by atoms with E-state index in [1.165, 1.54) is 11.3 Å². The van der Waals surface area contributed by atoms with Crippen LogP contribution in [0, 0.1) is 5.92 Å². The van der Waals surface area contributed by atoms with Gasteiger partial charge in [-0.15, -0.1) is 11.3 Å². The lowest BCUT2D eigenvalue weighted by molar-refractivity contribution is -0.121. The van der Waals surface area contributed by atoms with Gasteiger partial charge in [0.1, 0.15) is 0 Å². The molecule has 3 heterocycles. The highest BCUT2D eigenvalue weighted by molar-refractivity contribution is 7.14. The molecule has 0 saturated carbocycles. The van der Waals surface area contributed by atoms with E-state index in [1.807, 2.05) is 17.5 Å². The molecule has 1 saturated heterocycles. The highest BCUT2D eigenvalue weighted by atomic mass is 32.1. The van der Waals surface area contributed by atoms with E-state index in [0.717, 1.165) is 23.5 Å². The summed E-state index contributed by atoms with van der Waals surface area (Å²) in [5.74, 6) is -0.240. The third kappa shape index (κ3) is 4.07. The van der Waals surface area contributed by atoms with Crippen molar-refractivity contribution >= 4 is 34.0 Å². The molecule has 3 amide bonds. The standard InChI is InChI=1S/C16H18N4O2S/c21-15(18-13-5-7-17-8-6-13)12-3-1-9-20(11-12)16(22)19-14-4-2-10-23-14/h2,4-8,10,12H,1,3,9,11H2,(H,19,22)(H,17,18,21). The average Bonchev–Trinajstić information content (AvgIpc) is 3.09. The van der Waals surface area contributed by atoms with Gasteiger partial charge in [-0.05, 0) is 42.5 Å². The highest BCUT2D eigenvalue weighted by Gasteiger charge is 2.28. The number of hydrogen-bond donors (Lipinski definition) is 2. The topological polar surface area (TPSA) is 74.3 Å². The van der Waals surface area contributed by atoms with Crippen molar-refractivity contribution < 1.29 is 9.59 Å².